The van der Waals surface area contributed by atoms with Crippen molar-refractivity contribution in [3.05, 3.63) is 129 Å². The Balaban J connectivity index is 1.31. The Labute approximate surface area is 240 Å². The second kappa shape index (κ2) is 12.0. The number of esters is 1. The van der Waals surface area contributed by atoms with Crippen LogP contribution in [0.3, 0.4) is 0 Å². The number of ether oxygens (including phenoxy) is 4. The number of carbonyl (C=O) groups excluding carboxylic acids is 1. The van der Waals surface area contributed by atoms with Crippen LogP contribution in [0.4, 0.5) is 0 Å². The fraction of sp³-hybridized carbons (Fsp3) is 0.0968. The predicted molar refractivity (Wildman–Crippen MR) is 151 cm³/mol. The Morgan fingerprint density at radius 1 is 0.900 bits per heavy atom. The second-order valence-corrected chi connectivity index (χ2v) is 9.58. The molecular formula is C31H22Cl2N2O5. The molecule has 0 saturated heterocycles. The number of rotatable bonds is 8. The summed E-state index contributed by atoms with van der Waals surface area (Å²) in [5.41, 5.74) is 8.78. The van der Waals surface area contributed by atoms with Crippen LogP contribution >= 0.6 is 23.2 Å². The van der Waals surface area contributed by atoms with Gasteiger partial charge in [-0.25, -0.2) is 4.79 Å². The lowest BCUT2D eigenvalue weighted by molar-refractivity contribution is -0.136. The molecule has 0 aromatic heterocycles. The molecule has 0 amide bonds. The number of allylic oxidation sites excluding steroid dienone is 1. The first-order valence-corrected chi connectivity index (χ1v) is 12.9. The fourth-order valence-corrected chi connectivity index (χ4v) is 4.62. The maximum Gasteiger partial charge on any atom is 0.349 e. The Kier molecular flexibility index (Phi) is 8.11. The number of hydrogen-bond acceptors (Lipinski definition) is 7. The van der Waals surface area contributed by atoms with Gasteiger partial charge in [-0.3, -0.25) is 0 Å². The monoisotopic (exact) mass is 572 g/mol. The van der Waals surface area contributed by atoms with Gasteiger partial charge in [-0.1, -0.05) is 71.7 Å². The van der Waals surface area contributed by atoms with Gasteiger partial charge < -0.3 is 24.7 Å². The first-order chi connectivity index (χ1) is 19.4. The molecule has 0 fully saturated rings. The molecule has 0 radical (unpaired) electrons. The molecule has 40 heavy (non-hydrogen) atoms. The molecule has 0 saturated carbocycles. The number of halogens is 2. The summed E-state index contributed by atoms with van der Waals surface area (Å²) in [6.45, 7) is -0.0177. The van der Waals surface area contributed by atoms with Crippen molar-refractivity contribution in [3.63, 3.8) is 0 Å². The summed E-state index contributed by atoms with van der Waals surface area (Å²) in [4.78, 5) is 12.4. The van der Waals surface area contributed by atoms with Gasteiger partial charge in [0.1, 0.15) is 41.2 Å². The van der Waals surface area contributed by atoms with Crippen LogP contribution in [0.15, 0.2) is 102 Å². The third-order valence-electron chi connectivity index (χ3n) is 6.17. The minimum absolute atomic E-state index is 0.0235. The number of para-hydroxylation sites is 1. The lowest BCUT2D eigenvalue weighted by atomic mass is 9.83. The summed E-state index contributed by atoms with van der Waals surface area (Å²) in [7, 11) is 0. The van der Waals surface area contributed by atoms with E-state index in [1.165, 1.54) is 0 Å². The molecule has 1 atom stereocenters. The van der Waals surface area contributed by atoms with Gasteiger partial charge in [0.15, 0.2) is 6.61 Å². The van der Waals surface area contributed by atoms with Crippen molar-refractivity contribution >= 4 is 29.2 Å². The van der Waals surface area contributed by atoms with E-state index >= 15 is 0 Å². The quantitative estimate of drug-likeness (QED) is 0.183. The highest BCUT2D eigenvalue weighted by atomic mass is 35.5. The summed E-state index contributed by atoms with van der Waals surface area (Å²) >= 11 is 12.3. The molecule has 7 nitrogen and oxygen atoms in total. The van der Waals surface area contributed by atoms with Crippen LogP contribution in [-0.2, 0) is 11.4 Å². The standard InChI is InChI=1S/C31H22Cl2N2O5/c32-25-6-2-1-5-20(25)17-37-21-11-9-19(10-12-21)30-23-14-13-22(15-28(23)40-31(35)24(30)16-34)39-29(36)18-38-27-8-4-3-7-26(27)33/h1-15,30H,17-18,35H2. The van der Waals surface area contributed by atoms with E-state index in [0.717, 1.165) is 11.1 Å². The molecule has 1 aliphatic heterocycles. The molecule has 0 spiro atoms. The zero-order valence-electron chi connectivity index (χ0n) is 21.0. The molecule has 1 aliphatic rings. The Hall–Kier alpha value is -4.64. The van der Waals surface area contributed by atoms with E-state index in [4.69, 9.17) is 47.9 Å². The number of hydrogen-bond donors (Lipinski definition) is 1. The van der Waals surface area contributed by atoms with Crippen LogP contribution in [0.2, 0.25) is 10.0 Å². The lowest BCUT2D eigenvalue weighted by Crippen LogP contribution is -2.21. The van der Waals surface area contributed by atoms with Gasteiger partial charge in [0.25, 0.3) is 0 Å². The van der Waals surface area contributed by atoms with Gasteiger partial charge in [-0.05, 0) is 42.0 Å². The topological polar surface area (TPSA) is 104 Å². The second-order valence-electron chi connectivity index (χ2n) is 8.77. The van der Waals surface area contributed by atoms with Crippen molar-refractivity contribution in [2.24, 2.45) is 5.73 Å². The Bertz CT molecular complexity index is 1630. The Morgan fingerprint density at radius 2 is 1.60 bits per heavy atom. The molecule has 0 aliphatic carbocycles. The predicted octanol–water partition coefficient (Wildman–Crippen LogP) is 6.77. The number of carbonyl (C=O) groups is 1. The molecule has 2 N–H and O–H groups in total. The van der Waals surface area contributed by atoms with E-state index in [9.17, 15) is 10.1 Å². The SMILES string of the molecule is N#CC1=C(N)Oc2cc(OC(=O)COc3ccccc3Cl)ccc2C1c1ccc(OCc2ccccc2Cl)cc1. The summed E-state index contributed by atoms with van der Waals surface area (Å²) in [6.07, 6.45) is 0. The van der Waals surface area contributed by atoms with Gasteiger partial charge in [0.05, 0.1) is 10.9 Å². The highest BCUT2D eigenvalue weighted by molar-refractivity contribution is 6.32. The van der Waals surface area contributed by atoms with E-state index in [-0.39, 0.29) is 23.8 Å². The minimum atomic E-state index is -0.624. The maximum absolute atomic E-state index is 12.4. The number of benzene rings is 4. The summed E-state index contributed by atoms with van der Waals surface area (Å²) in [5.74, 6) is 0.498. The fourth-order valence-electron chi connectivity index (χ4n) is 4.23. The molecule has 1 heterocycles. The van der Waals surface area contributed by atoms with E-state index in [1.54, 1.807) is 42.5 Å². The number of nitriles is 1. The molecule has 200 valence electrons. The number of nitrogens with zero attached hydrogens (tertiary/aromatic N) is 1. The molecular weight excluding hydrogens is 551 g/mol. The molecule has 9 heteroatoms. The zero-order chi connectivity index (χ0) is 28.1. The smallest absolute Gasteiger partial charge is 0.349 e. The van der Waals surface area contributed by atoms with Gasteiger partial charge in [0.2, 0.25) is 5.88 Å². The maximum atomic E-state index is 12.4. The normalized spacial score (nSPS) is 14.0. The van der Waals surface area contributed by atoms with Crippen LogP contribution in [0.5, 0.6) is 23.0 Å². The van der Waals surface area contributed by atoms with Crippen molar-refractivity contribution < 1.29 is 23.7 Å². The number of nitrogens with two attached hydrogens (primary N) is 1. The molecule has 4 aromatic carbocycles. The van der Waals surface area contributed by atoms with Crippen LogP contribution in [0, 0.1) is 11.3 Å². The summed E-state index contributed by atoms with van der Waals surface area (Å²) < 4.78 is 22.5. The molecule has 4 aromatic rings. The van der Waals surface area contributed by atoms with E-state index in [0.29, 0.717) is 39.5 Å². The highest BCUT2D eigenvalue weighted by Gasteiger charge is 2.31. The van der Waals surface area contributed by atoms with E-state index in [2.05, 4.69) is 6.07 Å². The van der Waals surface area contributed by atoms with Gasteiger partial charge in [0, 0.05) is 22.2 Å². The third-order valence-corrected chi connectivity index (χ3v) is 6.85. The molecule has 5 rings (SSSR count). The molecule has 1 unspecified atom stereocenters. The van der Waals surface area contributed by atoms with Crippen molar-refractivity contribution in [1.82, 2.24) is 0 Å². The van der Waals surface area contributed by atoms with Crippen LogP contribution in [0.1, 0.15) is 22.6 Å². The van der Waals surface area contributed by atoms with Crippen LogP contribution < -0.4 is 24.7 Å². The molecule has 0 bridgehead atoms. The highest BCUT2D eigenvalue weighted by Crippen LogP contribution is 2.43. The summed E-state index contributed by atoms with van der Waals surface area (Å²) in [6, 6.07) is 28.8. The average molecular weight is 573 g/mol. The number of fused-ring (bicyclic) bond motifs is 1. The summed E-state index contributed by atoms with van der Waals surface area (Å²) in [5, 5.41) is 10.9. The lowest BCUT2D eigenvalue weighted by Gasteiger charge is -2.26. The van der Waals surface area contributed by atoms with E-state index in [1.807, 2.05) is 48.5 Å². The first-order valence-electron chi connectivity index (χ1n) is 12.2. The van der Waals surface area contributed by atoms with Crippen LogP contribution in [0.25, 0.3) is 0 Å². The van der Waals surface area contributed by atoms with Gasteiger partial charge >= 0.3 is 5.97 Å². The third kappa shape index (κ3) is 5.99. The van der Waals surface area contributed by atoms with Crippen molar-refractivity contribution in [2.75, 3.05) is 6.61 Å². The van der Waals surface area contributed by atoms with Crippen molar-refractivity contribution in [1.29, 1.82) is 5.26 Å². The van der Waals surface area contributed by atoms with Crippen molar-refractivity contribution in [3.8, 4) is 29.1 Å². The zero-order valence-corrected chi connectivity index (χ0v) is 22.5. The van der Waals surface area contributed by atoms with Crippen LogP contribution in [-0.4, -0.2) is 12.6 Å². The first kappa shape index (κ1) is 26.9. The average Bonchev–Trinajstić information content (AvgIpc) is 2.96. The van der Waals surface area contributed by atoms with Gasteiger partial charge in [-0.2, -0.15) is 5.26 Å². The van der Waals surface area contributed by atoms with Crippen molar-refractivity contribution in [2.45, 2.75) is 12.5 Å². The Morgan fingerprint density at radius 3 is 2.33 bits per heavy atom. The largest absolute Gasteiger partial charge is 0.489 e. The van der Waals surface area contributed by atoms with Gasteiger partial charge in [-0.15, -0.1) is 0 Å². The van der Waals surface area contributed by atoms with E-state index < -0.39 is 11.9 Å². The minimum Gasteiger partial charge on any atom is -0.489 e.